The predicted molar refractivity (Wildman–Crippen MR) is 93.1 cm³/mol. The van der Waals surface area contributed by atoms with Gasteiger partial charge in [0.15, 0.2) is 0 Å². The Hall–Kier alpha value is -0.860. The second kappa shape index (κ2) is 8.49. The lowest BCUT2D eigenvalue weighted by atomic mass is 10.2. The maximum atomic E-state index is 12.6. The minimum absolute atomic E-state index is 0.145. The molecule has 1 fully saturated rings. The molecule has 1 saturated heterocycles. The van der Waals surface area contributed by atoms with Crippen LogP contribution in [0.15, 0.2) is 23.1 Å². The molecule has 1 aliphatic rings. The third kappa shape index (κ3) is 5.07. The molecule has 24 heavy (non-hydrogen) atoms. The van der Waals surface area contributed by atoms with Gasteiger partial charge in [0.2, 0.25) is 10.0 Å². The van der Waals surface area contributed by atoms with Crippen LogP contribution in [0.3, 0.4) is 0 Å². The van der Waals surface area contributed by atoms with E-state index in [1.807, 2.05) is 0 Å². The first kappa shape index (κ1) is 19.5. The summed E-state index contributed by atoms with van der Waals surface area (Å²) in [5.41, 5.74) is 0. The average Bonchev–Trinajstić information content (AvgIpc) is 2.54. The summed E-state index contributed by atoms with van der Waals surface area (Å²) in [5, 5.41) is 9.15. The minimum Gasteiger partial charge on any atom is -0.481 e. The van der Waals surface area contributed by atoms with Gasteiger partial charge in [-0.25, -0.2) is 8.42 Å². The number of unbranched alkanes of at least 4 members (excludes halogenated alkanes) is 1. The number of carboxylic acids is 1. The van der Waals surface area contributed by atoms with Crippen molar-refractivity contribution in [3.05, 3.63) is 28.2 Å². The highest BCUT2D eigenvalue weighted by Gasteiger charge is 2.28. The Kier molecular flexibility index (Phi) is 6.88. The fraction of sp³-hybridized carbons (Fsp3) is 0.533. The predicted octanol–water partition coefficient (Wildman–Crippen LogP) is 2.55. The van der Waals surface area contributed by atoms with E-state index in [9.17, 15) is 13.2 Å². The molecule has 0 saturated carbocycles. The number of piperazine rings is 1. The van der Waals surface area contributed by atoms with Crippen LogP contribution in [0.4, 0.5) is 0 Å². The van der Waals surface area contributed by atoms with E-state index in [0.717, 1.165) is 13.0 Å². The molecule has 9 heteroatoms. The Labute approximate surface area is 152 Å². The Bertz CT molecular complexity index is 689. The molecule has 0 amide bonds. The van der Waals surface area contributed by atoms with Crippen molar-refractivity contribution in [3.63, 3.8) is 0 Å². The summed E-state index contributed by atoms with van der Waals surface area (Å²) in [6.07, 6.45) is 1.61. The van der Waals surface area contributed by atoms with Crippen molar-refractivity contribution < 1.29 is 18.3 Å². The number of sulfonamides is 1. The number of carboxylic acid groups (broad SMARTS) is 1. The van der Waals surface area contributed by atoms with E-state index in [0.29, 0.717) is 37.6 Å². The van der Waals surface area contributed by atoms with Crippen LogP contribution in [-0.4, -0.2) is 61.4 Å². The SMILES string of the molecule is O=C(O)CCCCN1CCN(S(=O)(=O)c2ccc(Cl)c(Cl)c2)CC1. The Morgan fingerprint density at radius 1 is 1.08 bits per heavy atom. The second-order valence-corrected chi connectivity index (χ2v) is 8.42. The zero-order chi connectivity index (χ0) is 17.7. The van der Waals surface area contributed by atoms with Gasteiger partial charge >= 0.3 is 5.97 Å². The smallest absolute Gasteiger partial charge is 0.303 e. The fourth-order valence-corrected chi connectivity index (χ4v) is 4.40. The topological polar surface area (TPSA) is 77.9 Å². The monoisotopic (exact) mass is 394 g/mol. The molecule has 0 spiro atoms. The highest BCUT2D eigenvalue weighted by molar-refractivity contribution is 7.89. The van der Waals surface area contributed by atoms with Crippen LogP contribution >= 0.6 is 23.2 Å². The summed E-state index contributed by atoms with van der Waals surface area (Å²) in [6.45, 7) is 2.86. The number of benzene rings is 1. The van der Waals surface area contributed by atoms with Crippen LogP contribution in [0.25, 0.3) is 0 Å². The minimum atomic E-state index is -3.58. The molecule has 1 aromatic rings. The number of rotatable bonds is 7. The average molecular weight is 395 g/mol. The summed E-state index contributed by atoms with van der Waals surface area (Å²) in [5.74, 6) is -0.785. The Balaban J connectivity index is 1.88. The van der Waals surface area contributed by atoms with E-state index in [1.165, 1.54) is 22.5 Å². The zero-order valence-corrected chi connectivity index (χ0v) is 15.4. The Morgan fingerprint density at radius 3 is 2.33 bits per heavy atom. The summed E-state index contributed by atoms with van der Waals surface area (Å²) >= 11 is 11.7. The first-order valence-corrected chi connectivity index (χ1v) is 9.89. The van der Waals surface area contributed by atoms with E-state index in [2.05, 4.69) is 4.90 Å². The van der Waals surface area contributed by atoms with Gasteiger partial charge in [-0.2, -0.15) is 4.31 Å². The van der Waals surface area contributed by atoms with E-state index >= 15 is 0 Å². The van der Waals surface area contributed by atoms with Gasteiger partial charge in [-0.15, -0.1) is 0 Å². The van der Waals surface area contributed by atoms with Crippen LogP contribution < -0.4 is 0 Å². The van der Waals surface area contributed by atoms with E-state index in [4.69, 9.17) is 28.3 Å². The van der Waals surface area contributed by atoms with Crippen molar-refractivity contribution in [2.45, 2.75) is 24.2 Å². The van der Waals surface area contributed by atoms with Crippen LogP contribution in [0.1, 0.15) is 19.3 Å². The number of hydrogen-bond acceptors (Lipinski definition) is 4. The number of carbonyl (C=O) groups is 1. The summed E-state index contributed by atoms with van der Waals surface area (Å²) in [4.78, 5) is 12.8. The van der Waals surface area contributed by atoms with Gasteiger partial charge in [0, 0.05) is 32.6 Å². The molecule has 0 aliphatic carbocycles. The third-order valence-electron chi connectivity index (χ3n) is 3.98. The molecule has 1 heterocycles. The summed E-state index contributed by atoms with van der Waals surface area (Å²) < 4.78 is 26.7. The molecule has 0 radical (unpaired) electrons. The molecule has 0 aromatic heterocycles. The number of hydrogen-bond donors (Lipinski definition) is 1. The molecule has 1 aromatic carbocycles. The van der Waals surface area contributed by atoms with Crippen LogP contribution in [-0.2, 0) is 14.8 Å². The normalized spacial score (nSPS) is 17.1. The van der Waals surface area contributed by atoms with Gasteiger partial charge < -0.3 is 10.0 Å². The molecule has 0 atom stereocenters. The number of halogens is 2. The lowest BCUT2D eigenvalue weighted by Crippen LogP contribution is -2.48. The van der Waals surface area contributed by atoms with Gasteiger partial charge in [-0.05, 0) is 37.6 Å². The van der Waals surface area contributed by atoms with Gasteiger partial charge in [0.05, 0.1) is 14.9 Å². The highest BCUT2D eigenvalue weighted by Crippen LogP contribution is 2.27. The highest BCUT2D eigenvalue weighted by atomic mass is 35.5. The zero-order valence-electron chi connectivity index (χ0n) is 13.1. The summed E-state index contributed by atoms with van der Waals surface area (Å²) in [6, 6.07) is 4.31. The van der Waals surface area contributed by atoms with Gasteiger partial charge in [-0.1, -0.05) is 23.2 Å². The third-order valence-corrected chi connectivity index (χ3v) is 6.61. The van der Waals surface area contributed by atoms with Crippen molar-refractivity contribution in [2.24, 2.45) is 0 Å². The van der Waals surface area contributed by atoms with Gasteiger partial charge in [0.25, 0.3) is 0 Å². The second-order valence-electron chi connectivity index (χ2n) is 5.67. The lowest BCUT2D eigenvalue weighted by Gasteiger charge is -2.34. The first-order chi connectivity index (χ1) is 11.3. The van der Waals surface area contributed by atoms with Crippen LogP contribution in [0.5, 0.6) is 0 Å². The first-order valence-electron chi connectivity index (χ1n) is 7.70. The summed E-state index contributed by atoms with van der Waals surface area (Å²) in [7, 11) is -3.58. The number of aliphatic carboxylic acids is 1. The maximum absolute atomic E-state index is 12.6. The van der Waals surface area contributed by atoms with E-state index < -0.39 is 16.0 Å². The number of nitrogens with zero attached hydrogens (tertiary/aromatic N) is 2. The largest absolute Gasteiger partial charge is 0.481 e. The molecule has 6 nitrogen and oxygen atoms in total. The maximum Gasteiger partial charge on any atom is 0.303 e. The van der Waals surface area contributed by atoms with Gasteiger partial charge in [-0.3, -0.25) is 4.79 Å². The fourth-order valence-electron chi connectivity index (χ4n) is 2.59. The molecular weight excluding hydrogens is 375 g/mol. The standard InChI is InChI=1S/C15H20Cl2N2O4S/c16-13-5-4-12(11-14(13)17)24(22,23)19-9-7-18(8-10-19)6-2-1-3-15(20)21/h4-5,11H,1-3,6-10H2,(H,20,21). The molecule has 0 bridgehead atoms. The molecular formula is C15H20Cl2N2O4S. The van der Waals surface area contributed by atoms with Crippen LogP contribution in [0.2, 0.25) is 10.0 Å². The molecule has 0 unspecified atom stereocenters. The lowest BCUT2D eigenvalue weighted by molar-refractivity contribution is -0.137. The van der Waals surface area contributed by atoms with Crippen molar-refractivity contribution in [3.8, 4) is 0 Å². The van der Waals surface area contributed by atoms with Crippen molar-refractivity contribution >= 4 is 39.2 Å². The van der Waals surface area contributed by atoms with Crippen molar-refractivity contribution in [1.29, 1.82) is 0 Å². The molecule has 1 N–H and O–H groups in total. The molecule has 2 rings (SSSR count). The van der Waals surface area contributed by atoms with Crippen molar-refractivity contribution in [1.82, 2.24) is 9.21 Å². The molecule has 1 aliphatic heterocycles. The van der Waals surface area contributed by atoms with E-state index in [1.54, 1.807) is 0 Å². The quantitative estimate of drug-likeness (QED) is 0.718. The van der Waals surface area contributed by atoms with Crippen molar-refractivity contribution in [2.75, 3.05) is 32.7 Å². The van der Waals surface area contributed by atoms with Gasteiger partial charge in [0.1, 0.15) is 0 Å². The van der Waals surface area contributed by atoms with Crippen LogP contribution in [0, 0.1) is 0 Å². The van der Waals surface area contributed by atoms with E-state index in [-0.39, 0.29) is 16.3 Å². The molecule has 134 valence electrons. The Morgan fingerprint density at radius 2 is 1.75 bits per heavy atom.